The first-order valence-corrected chi connectivity index (χ1v) is 10.5. The number of halogens is 1. The van der Waals surface area contributed by atoms with Crippen molar-refractivity contribution >= 4 is 22.9 Å². The van der Waals surface area contributed by atoms with E-state index in [4.69, 9.17) is 22.1 Å². The van der Waals surface area contributed by atoms with Crippen LogP contribution in [0.5, 0.6) is 5.75 Å². The molecule has 0 saturated carbocycles. The normalized spacial score (nSPS) is 14.9. The summed E-state index contributed by atoms with van der Waals surface area (Å²) in [6.07, 6.45) is 2.30. The molecule has 0 aromatic heterocycles. The smallest absolute Gasteiger partial charge is 0.126 e. The standard InChI is InChI=1S/C26H27ClN2O/c1-17-15-26(2,3)29(16-28)22-12-11-20(21-14-19(27)10-13-23(21)30-4)25(24(17)22)18-8-6-5-7-9-18/h5-15H,16,28H2,1-4H3. The van der Waals surface area contributed by atoms with E-state index in [0.29, 0.717) is 11.7 Å². The van der Waals surface area contributed by atoms with Gasteiger partial charge < -0.3 is 15.4 Å². The molecule has 3 nitrogen and oxygen atoms in total. The van der Waals surface area contributed by atoms with Gasteiger partial charge in [0.1, 0.15) is 5.75 Å². The van der Waals surface area contributed by atoms with Crippen LogP contribution in [0.4, 0.5) is 5.69 Å². The third-order valence-corrected chi connectivity index (χ3v) is 6.07. The third kappa shape index (κ3) is 3.38. The highest BCUT2D eigenvalue weighted by Gasteiger charge is 2.33. The lowest BCUT2D eigenvalue weighted by atomic mass is 9.81. The molecule has 1 aliphatic heterocycles. The summed E-state index contributed by atoms with van der Waals surface area (Å²) in [6, 6.07) is 20.6. The first kappa shape index (κ1) is 20.5. The van der Waals surface area contributed by atoms with E-state index in [1.54, 1.807) is 7.11 Å². The van der Waals surface area contributed by atoms with E-state index in [1.165, 1.54) is 11.1 Å². The van der Waals surface area contributed by atoms with Gasteiger partial charge in [-0.25, -0.2) is 0 Å². The summed E-state index contributed by atoms with van der Waals surface area (Å²) >= 11 is 6.39. The minimum Gasteiger partial charge on any atom is -0.496 e. The Hall–Kier alpha value is -2.75. The maximum Gasteiger partial charge on any atom is 0.126 e. The van der Waals surface area contributed by atoms with E-state index >= 15 is 0 Å². The molecule has 0 atom stereocenters. The Bertz CT molecular complexity index is 1120. The van der Waals surface area contributed by atoms with E-state index in [-0.39, 0.29) is 5.54 Å². The largest absolute Gasteiger partial charge is 0.496 e. The van der Waals surface area contributed by atoms with Gasteiger partial charge in [0.2, 0.25) is 0 Å². The molecule has 4 heteroatoms. The fourth-order valence-corrected chi connectivity index (χ4v) is 4.73. The van der Waals surface area contributed by atoms with E-state index < -0.39 is 0 Å². The zero-order chi connectivity index (χ0) is 21.5. The second kappa shape index (κ2) is 7.82. The monoisotopic (exact) mass is 418 g/mol. The SMILES string of the molecule is COc1ccc(Cl)cc1-c1ccc2c(c1-c1ccccc1)C(C)=CC(C)(C)N2CN. The number of methoxy groups -OCH3 is 1. The fraction of sp³-hybridized carbons (Fsp3) is 0.231. The maximum absolute atomic E-state index is 6.39. The van der Waals surface area contributed by atoms with E-state index in [9.17, 15) is 0 Å². The summed E-state index contributed by atoms with van der Waals surface area (Å²) in [5.74, 6) is 0.796. The number of nitrogens with two attached hydrogens (primary N) is 1. The number of hydrogen-bond donors (Lipinski definition) is 1. The highest BCUT2D eigenvalue weighted by atomic mass is 35.5. The van der Waals surface area contributed by atoms with Crippen LogP contribution in [-0.4, -0.2) is 19.3 Å². The highest BCUT2D eigenvalue weighted by Crippen LogP contribution is 2.49. The van der Waals surface area contributed by atoms with Crippen molar-refractivity contribution in [2.24, 2.45) is 5.73 Å². The van der Waals surface area contributed by atoms with Gasteiger partial charge in [-0.05, 0) is 67.3 Å². The maximum atomic E-state index is 6.39. The molecule has 0 aliphatic carbocycles. The summed E-state index contributed by atoms with van der Waals surface area (Å²) < 4.78 is 5.69. The summed E-state index contributed by atoms with van der Waals surface area (Å²) in [5, 5.41) is 0.680. The van der Waals surface area contributed by atoms with Crippen LogP contribution in [0.25, 0.3) is 27.8 Å². The second-order valence-corrected chi connectivity index (χ2v) is 8.62. The minimum atomic E-state index is -0.158. The predicted molar refractivity (Wildman–Crippen MR) is 128 cm³/mol. The predicted octanol–water partition coefficient (Wildman–Crippen LogP) is 6.60. The van der Waals surface area contributed by atoms with E-state index in [0.717, 1.165) is 33.7 Å². The molecule has 3 aromatic carbocycles. The Morgan fingerprint density at radius 2 is 1.70 bits per heavy atom. The summed E-state index contributed by atoms with van der Waals surface area (Å²) in [7, 11) is 1.69. The number of anilines is 1. The highest BCUT2D eigenvalue weighted by molar-refractivity contribution is 6.31. The van der Waals surface area contributed by atoms with E-state index in [2.05, 4.69) is 68.1 Å². The Balaban J connectivity index is 2.11. The number of fused-ring (bicyclic) bond motifs is 1. The average Bonchev–Trinajstić information content (AvgIpc) is 2.73. The van der Waals surface area contributed by atoms with Gasteiger partial charge in [-0.2, -0.15) is 0 Å². The number of nitrogens with zero attached hydrogens (tertiary/aromatic N) is 1. The van der Waals surface area contributed by atoms with Gasteiger partial charge in [-0.1, -0.05) is 54.1 Å². The Labute approximate surface area is 183 Å². The summed E-state index contributed by atoms with van der Waals surface area (Å²) in [4.78, 5) is 2.25. The molecule has 1 heterocycles. The van der Waals surface area contributed by atoms with Crippen LogP contribution in [0.3, 0.4) is 0 Å². The molecule has 1 aliphatic rings. The van der Waals surface area contributed by atoms with Crippen molar-refractivity contribution in [2.45, 2.75) is 26.3 Å². The molecule has 0 unspecified atom stereocenters. The Morgan fingerprint density at radius 3 is 2.37 bits per heavy atom. The molecule has 0 saturated heterocycles. The first-order chi connectivity index (χ1) is 14.4. The van der Waals surface area contributed by atoms with Crippen LogP contribution in [-0.2, 0) is 0 Å². The number of rotatable bonds is 4. The van der Waals surface area contributed by atoms with Crippen molar-refractivity contribution in [3.63, 3.8) is 0 Å². The third-order valence-electron chi connectivity index (χ3n) is 5.83. The molecule has 0 radical (unpaired) electrons. The molecule has 0 spiro atoms. The molecule has 154 valence electrons. The fourth-order valence-electron chi connectivity index (χ4n) is 4.56. The lowest BCUT2D eigenvalue weighted by Crippen LogP contribution is -2.48. The van der Waals surface area contributed by atoms with Crippen molar-refractivity contribution in [3.05, 3.63) is 77.3 Å². The average molecular weight is 419 g/mol. The number of benzene rings is 3. The molecule has 3 aromatic rings. The van der Waals surface area contributed by atoms with Gasteiger partial charge in [-0.15, -0.1) is 0 Å². The van der Waals surface area contributed by atoms with Gasteiger partial charge in [0.15, 0.2) is 0 Å². The molecule has 30 heavy (non-hydrogen) atoms. The van der Waals surface area contributed by atoms with Crippen LogP contribution in [0, 0.1) is 0 Å². The minimum absolute atomic E-state index is 0.158. The van der Waals surface area contributed by atoms with Crippen molar-refractivity contribution in [3.8, 4) is 28.0 Å². The zero-order valence-corrected chi connectivity index (χ0v) is 18.6. The number of hydrogen-bond acceptors (Lipinski definition) is 3. The molecular formula is C26H27ClN2O. The zero-order valence-electron chi connectivity index (χ0n) is 17.9. The van der Waals surface area contributed by atoms with Crippen LogP contribution in [0.15, 0.2) is 66.7 Å². The quantitative estimate of drug-likeness (QED) is 0.518. The van der Waals surface area contributed by atoms with Crippen LogP contribution >= 0.6 is 11.6 Å². The Kier molecular flexibility index (Phi) is 5.35. The van der Waals surface area contributed by atoms with Gasteiger partial charge in [0, 0.05) is 21.8 Å². The number of ether oxygens (including phenoxy) is 1. The lowest BCUT2D eigenvalue weighted by molar-refractivity contribution is 0.416. The van der Waals surface area contributed by atoms with Gasteiger partial charge in [0.25, 0.3) is 0 Å². The molecule has 2 N–H and O–H groups in total. The van der Waals surface area contributed by atoms with Crippen molar-refractivity contribution in [1.82, 2.24) is 0 Å². The van der Waals surface area contributed by atoms with Crippen molar-refractivity contribution in [1.29, 1.82) is 0 Å². The molecular weight excluding hydrogens is 392 g/mol. The topological polar surface area (TPSA) is 38.5 Å². The van der Waals surface area contributed by atoms with Crippen molar-refractivity contribution in [2.75, 3.05) is 18.7 Å². The molecule has 0 amide bonds. The van der Waals surface area contributed by atoms with Crippen LogP contribution < -0.4 is 15.4 Å². The summed E-state index contributed by atoms with van der Waals surface area (Å²) in [6.45, 7) is 7.02. The molecule has 4 rings (SSSR count). The first-order valence-electron chi connectivity index (χ1n) is 10.1. The van der Waals surface area contributed by atoms with Gasteiger partial charge in [0.05, 0.1) is 19.3 Å². The van der Waals surface area contributed by atoms with E-state index in [1.807, 2.05) is 24.3 Å². The second-order valence-electron chi connectivity index (χ2n) is 8.18. The van der Waals surface area contributed by atoms with Gasteiger partial charge in [-0.3, -0.25) is 0 Å². The lowest BCUT2D eigenvalue weighted by Gasteiger charge is -2.43. The van der Waals surface area contributed by atoms with Crippen LogP contribution in [0.2, 0.25) is 5.02 Å². The van der Waals surface area contributed by atoms with Crippen LogP contribution in [0.1, 0.15) is 26.3 Å². The van der Waals surface area contributed by atoms with Crippen molar-refractivity contribution < 1.29 is 4.74 Å². The summed E-state index contributed by atoms with van der Waals surface area (Å²) in [5.41, 5.74) is 14.0. The molecule has 0 bridgehead atoms. The van der Waals surface area contributed by atoms with Gasteiger partial charge >= 0.3 is 0 Å². The Morgan fingerprint density at radius 1 is 0.967 bits per heavy atom. The number of allylic oxidation sites excluding steroid dienone is 1. The molecule has 0 fully saturated rings.